The summed E-state index contributed by atoms with van der Waals surface area (Å²) < 4.78 is 33.0. The molecule has 0 radical (unpaired) electrons. The van der Waals surface area contributed by atoms with Crippen molar-refractivity contribution in [3.05, 3.63) is 17.8 Å². The molecule has 0 spiro atoms. The van der Waals surface area contributed by atoms with E-state index in [9.17, 15) is 24.3 Å². The largest absolute Gasteiger partial charge is 0.458 e. The number of unbranched alkanes of at least 4 members (excludes halogenated alkanes) is 1. The van der Waals surface area contributed by atoms with Crippen LogP contribution in [0.25, 0.3) is 10.7 Å². The molecular formula is C46H85N7O10S. The monoisotopic (exact) mass is 928 g/mol. The Bertz CT molecular complexity index is 1750. The molecule has 2 aromatic heterocycles. The lowest BCUT2D eigenvalue weighted by Crippen LogP contribution is -2.62. The van der Waals surface area contributed by atoms with Crippen LogP contribution >= 0.6 is 11.3 Å². The van der Waals surface area contributed by atoms with Gasteiger partial charge in [0.25, 0.3) is 0 Å². The van der Waals surface area contributed by atoms with Gasteiger partial charge in [-0.15, -0.1) is 16.4 Å². The van der Waals surface area contributed by atoms with Gasteiger partial charge in [-0.2, -0.15) is 0 Å². The van der Waals surface area contributed by atoms with E-state index in [1.54, 1.807) is 27.6 Å². The first kappa shape index (κ1) is 60.5. The normalized spacial score (nSPS) is 32.5. The third-order valence-electron chi connectivity index (χ3n) is 12.5. The Labute approximate surface area is 388 Å². The van der Waals surface area contributed by atoms with E-state index < -0.39 is 71.7 Å². The highest BCUT2D eigenvalue weighted by atomic mass is 32.1. The Hall–Kier alpha value is -3.55. The molecule has 2 aromatic rings. The summed E-state index contributed by atoms with van der Waals surface area (Å²) in [5, 5.41) is 22.5. The molecule has 3 saturated heterocycles. The summed E-state index contributed by atoms with van der Waals surface area (Å²) in [6, 6.07) is -1.56. The number of likely N-dealkylation sites (N-methyl/N-ethyl adjacent to an activating group) is 1. The number of Topliss-reactive ketones (excluding diaryl/α,β-unsaturated/α-hetero) is 1. The van der Waals surface area contributed by atoms with Gasteiger partial charge in [-0.3, -0.25) is 24.0 Å². The minimum Gasteiger partial charge on any atom is -0.458 e. The topological polar surface area (TPSA) is 188 Å². The number of carbonyl (C=O) groups excluding carboxylic acids is 4. The van der Waals surface area contributed by atoms with Gasteiger partial charge in [-0.05, 0) is 86.7 Å². The molecule has 370 valence electrons. The molecule has 3 unspecified atom stereocenters. The van der Waals surface area contributed by atoms with Crippen molar-refractivity contribution < 1.29 is 48.0 Å². The fraction of sp³-hybridized carbons (Fsp3) is 0.804. The van der Waals surface area contributed by atoms with E-state index >= 15 is 0 Å². The van der Waals surface area contributed by atoms with Crippen molar-refractivity contribution in [2.75, 3.05) is 34.3 Å². The number of ketones is 1. The van der Waals surface area contributed by atoms with Gasteiger partial charge in [0.15, 0.2) is 11.9 Å². The fourth-order valence-electron chi connectivity index (χ4n) is 9.12. The smallest absolute Gasteiger partial charge is 0.410 e. The van der Waals surface area contributed by atoms with Crippen molar-refractivity contribution in [1.82, 2.24) is 34.7 Å². The number of thiazole rings is 1. The molecule has 12 atom stereocenters. The third kappa shape index (κ3) is 13.3. The first-order valence-electron chi connectivity index (χ1n) is 20.8. The summed E-state index contributed by atoms with van der Waals surface area (Å²) in [4.78, 5) is 65.3. The number of esters is 1. The van der Waals surface area contributed by atoms with E-state index in [4.69, 9.17) is 23.7 Å². The average molecular weight is 928 g/mol. The van der Waals surface area contributed by atoms with Gasteiger partial charge in [0.05, 0.1) is 36.1 Å². The van der Waals surface area contributed by atoms with Crippen molar-refractivity contribution in [1.29, 1.82) is 0 Å². The Balaban J connectivity index is 0.00000794. The van der Waals surface area contributed by atoms with Crippen molar-refractivity contribution in [2.24, 2.45) is 11.8 Å². The Morgan fingerprint density at radius 1 is 1.05 bits per heavy atom. The zero-order valence-corrected chi connectivity index (χ0v) is 37.3. The molecule has 3 aliphatic rings. The summed E-state index contributed by atoms with van der Waals surface area (Å²) in [7, 11) is 5.30. The molecule has 3 aliphatic heterocycles. The van der Waals surface area contributed by atoms with E-state index in [0.29, 0.717) is 44.5 Å². The average Bonchev–Trinajstić information content (AvgIpc) is 3.94. The summed E-state index contributed by atoms with van der Waals surface area (Å²) in [6.07, 6.45) is 0.943. The van der Waals surface area contributed by atoms with Crippen LogP contribution < -0.4 is 0 Å². The number of nitrogens with zero attached hydrogens (tertiary/aromatic N) is 7. The predicted octanol–water partition coefficient (Wildman–Crippen LogP) is 7.35. The number of hydrogen-bond donors (Lipinski definition) is 1. The highest BCUT2D eigenvalue weighted by molar-refractivity contribution is 7.13. The summed E-state index contributed by atoms with van der Waals surface area (Å²) in [6.45, 7) is 15.3. The number of fused-ring (bicyclic) bond motifs is 1. The van der Waals surface area contributed by atoms with Gasteiger partial charge in [0.1, 0.15) is 34.6 Å². The molecule has 0 aromatic carbocycles. The number of aryl methyl sites for hydroxylation is 1. The molecule has 5 heterocycles. The fourth-order valence-corrected chi connectivity index (χ4v) is 9.71. The quantitative estimate of drug-likeness (QED) is 0.134. The SMILES string of the molecule is C.C.C.C.C.CC[C@H]1OC(=O)[C@H](C)C(=O)C[C@@H](O[C@@H]2OC(C)CC(N(C)C)C2O)[C@](C)(OC)C[C@@H](C)CN(C(C)=O)[C@H](C)[C@H]2N(CCCCn3cc(-c4nccs4)nn3)C(=O)O[C@]12C. The maximum Gasteiger partial charge on any atom is 0.410 e. The molecule has 3 fully saturated rings. The lowest BCUT2D eigenvalue weighted by molar-refractivity contribution is -0.289. The minimum atomic E-state index is -1.38. The number of ether oxygens (including phenoxy) is 5. The molecule has 64 heavy (non-hydrogen) atoms. The summed E-state index contributed by atoms with van der Waals surface area (Å²) in [5.41, 5.74) is -1.82. The highest BCUT2D eigenvalue weighted by Gasteiger charge is 2.59. The molecule has 18 heteroatoms. The second-order valence-electron chi connectivity index (χ2n) is 17.3. The van der Waals surface area contributed by atoms with Crippen LogP contribution in [-0.2, 0) is 44.6 Å². The zero-order valence-electron chi connectivity index (χ0n) is 36.5. The van der Waals surface area contributed by atoms with Crippen LogP contribution in [-0.4, -0.2) is 158 Å². The Morgan fingerprint density at radius 3 is 2.28 bits per heavy atom. The highest BCUT2D eigenvalue weighted by Crippen LogP contribution is 2.41. The standard InChI is InChI=1S/C41H65N7O10S.5CH4/c1-12-32-41(8)35(47(39(53)58-41)17-14-13-16-46-23-29(43-44-46)36-42-15-18-59-36)27(5)48(28(6)49)22-24(2)21-40(7,54-11)33(20-31(50)26(4)37(52)56-32)57-38-34(51)30(45(9)10)19-25(3)55-38;;;;;/h15,18,23-27,30,32-35,38,51H,12-14,16-17,19-22H2,1-11H3;5*1H4/t24-,25?,26-,27-,30?,32-,33-,34?,35-,38+,40-,41-;;;;;/m1...../s1. The number of amides is 2. The van der Waals surface area contributed by atoms with Crippen LogP contribution in [0.4, 0.5) is 4.79 Å². The molecule has 0 bridgehead atoms. The van der Waals surface area contributed by atoms with E-state index in [1.807, 2.05) is 65.2 Å². The van der Waals surface area contributed by atoms with Gasteiger partial charge in [-0.25, -0.2) is 9.78 Å². The number of hydrogen-bond acceptors (Lipinski definition) is 15. The minimum absolute atomic E-state index is 0. The maximum absolute atomic E-state index is 14.1. The number of cyclic esters (lactones) is 1. The van der Waals surface area contributed by atoms with Gasteiger partial charge in [0.2, 0.25) is 5.91 Å². The van der Waals surface area contributed by atoms with Gasteiger partial charge < -0.3 is 38.6 Å². The van der Waals surface area contributed by atoms with Gasteiger partial charge in [0, 0.05) is 57.7 Å². The third-order valence-corrected chi connectivity index (χ3v) is 13.3. The van der Waals surface area contributed by atoms with Crippen molar-refractivity contribution in [3.63, 3.8) is 0 Å². The van der Waals surface area contributed by atoms with Crippen LogP contribution in [0.2, 0.25) is 0 Å². The molecule has 2 amide bonds. The first-order valence-corrected chi connectivity index (χ1v) is 21.7. The molecule has 5 rings (SSSR count). The lowest BCUT2D eigenvalue weighted by Gasteiger charge is -2.46. The second-order valence-corrected chi connectivity index (χ2v) is 18.2. The molecular weight excluding hydrogens is 843 g/mol. The summed E-state index contributed by atoms with van der Waals surface area (Å²) in [5.74, 6) is -2.84. The number of rotatable bonds is 11. The van der Waals surface area contributed by atoms with Crippen LogP contribution in [0.3, 0.4) is 0 Å². The number of methoxy groups -OCH3 is 1. The first-order chi connectivity index (χ1) is 27.8. The van der Waals surface area contributed by atoms with Crippen molar-refractivity contribution in [2.45, 2.75) is 198 Å². The van der Waals surface area contributed by atoms with E-state index in [-0.39, 0.29) is 80.5 Å². The van der Waals surface area contributed by atoms with E-state index in [2.05, 4.69) is 15.3 Å². The predicted molar refractivity (Wildman–Crippen MR) is 252 cm³/mol. The van der Waals surface area contributed by atoms with Crippen LogP contribution in [0.5, 0.6) is 0 Å². The Morgan fingerprint density at radius 2 is 1.70 bits per heavy atom. The maximum atomic E-state index is 14.1. The van der Waals surface area contributed by atoms with Crippen LogP contribution in [0, 0.1) is 11.8 Å². The van der Waals surface area contributed by atoms with E-state index in [1.165, 1.54) is 32.3 Å². The van der Waals surface area contributed by atoms with Crippen molar-refractivity contribution in [3.8, 4) is 10.7 Å². The van der Waals surface area contributed by atoms with E-state index in [0.717, 1.165) is 5.01 Å². The molecule has 17 nitrogen and oxygen atoms in total. The zero-order chi connectivity index (χ0) is 43.4. The summed E-state index contributed by atoms with van der Waals surface area (Å²) >= 11 is 1.48. The second kappa shape index (κ2) is 25.4. The van der Waals surface area contributed by atoms with Gasteiger partial charge in [-0.1, -0.05) is 56.2 Å². The molecule has 1 N–H and O–H groups in total. The number of aliphatic hydroxyl groups is 1. The van der Waals surface area contributed by atoms with Crippen molar-refractivity contribution >= 4 is 35.1 Å². The van der Waals surface area contributed by atoms with Gasteiger partial charge >= 0.3 is 12.1 Å². The lowest BCUT2D eigenvalue weighted by atomic mass is 9.82. The number of carbonyl (C=O) groups is 4. The molecule has 0 aliphatic carbocycles. The number of aliphatic hydroxyl groups excluding tert-OH is 1. The molecule has 0 saturated carbocycles. The van der Waals surface area contributed by atoms with Crippen LogP contribution in [0.15, 0.2) is 17.8 Å². The number of aromatic nitrogens is 4. The van der Waals surface area contributed by atoms with Crippen LogP contribution in [0.1, 0.15) is 131 Å². The Kier molecular flexibility index (Phi) is 24.0.